The number of rotatable bonds is 1. The summed E-state index contributed by atoms with van der Waals surface area (Å²) < 4.78 is 0. The highest BCUT2D eigenvalue weighted by molar-refractivity contribution is 6.01. The van der Waals surface area contributed by atoms with Crippen molar-refractivity contribution in [3.63, 3.8) is 0 Å². The van der Waals surface area contributed by atoms with Crippen LogP contribution < -0.4 is 4.90 Å². The second kappa shape index (κ2) is 5.87. The smallest absolute Gasteiger partial charge is 0.224 e. The Balaban J connectivity index is 1.81. The standard InChI is InChI=1S/C23H22N2O/c1-15(26)25-22-13-7-5-10-18(22)16-8-2-3-11-19(16)23(25)20-14-24-21-12-6-4-9-17(20)21/h4-7,9-10,12-14,23-24H,2-3,8,11H2,1H3. The summed E-state index contributed by atoms with van der Waals surface area (Å²) in [6.45, 7) is 1.69. The molecule has 1 atom stereocenters. The number of hydrogen-bond donors (Lipinski definition) is 1. The summed E-state index contributed by atoms with van der Waals surface area (Å²) in [5, 5.41) is 1.21. The van der Waals surface area contributed by atoms with Crippen molar-refractivity contribution < 1.29 is 4.79 Å². The molecule has 2 aliphatic rings. The van der Waals surface area contributed by atoms with Crippen LogP contribution in [0.1, 0.15) is 49.8 Å². The Morgan fingerprint density at radius 2 is 1.81 bits per heavy atom. The van der Waals surface area contributed by atoms with Gasteiger partial charge in [0.2, 0.25) is 5.91 Å². The molecule has 2 heterocycles. The molecular formula is C23H22N2O. The van der Waals surface area contributed by atoms with E-state index in [0.29, 0.717) is 0 Å². The first kappa shape index (κ1) is 15.4. The Labute approximate surface area is 153 Å². The summed E-state index contributed by atoms with van der Waals surface area (Å²) in [7, 11) is 0. The van der Waals surface area contributed by atoms with Crippen LogP contribution >= 0.6 is 0 Å². The normalized spacial score (nSPS) is 19.4. The average molecular weight is 342 g/mol. The van der Waals surface area contributed by atoms with Crippen LogP contribution in [-0.2, 0) is 4.79 Å². The molecule has 1 unspecified atom stereocenters. The van der Waals surface area contributed by atoms with Crippen molar-refractivity contribution in [2.75, 3.05) is 4.90 Å². The number of fused-ring (bicyclic) bond motifs is 3. The van der Waals surface area contributed by atoms with Gasteiger partial charge in [-0.25, -0.2) is 0 Å². The number of anilines is 1. The molecular weight excluding hydrogens is 320 g/mol. The second-order valence-corrected chi connectivity index (χ2v) is 7.31. The number of amides is 1. The molecule has 0 saturated heterocycles. The fourth-order valence-corrected chi connectivity index (χ4v) is 4.77. The minimum absolute atomic E-state index is 0.00569. The number of para-hydroxylation sites is 2. The fourth-order valence-electron chi connectivity index (χ4n) is 4.77. The van der Waals surface area contributed by atoms with Crippen LogP contribution in [-0.4, -0.2) is 10.9 Å². The molecule has 26 heavy (non-hydrogen) atoms. The molecule has 0 spiro atoms. The zero-order valence-corrected chi connectivity index (χ0v) is 15.0. The van der Waals surface area contributed by atoms with Crippen LogP contribution in [0.2, 0.25) is 0 Å². The summed E-state index contributed by atoms with van der Waals surface area (Å²) in [4.78, 5) is 18.2. The number of hydrogen-bond acceptors (Lipinski definition) is 1. The number of nitrogens with zero attached hydrogens (tertiary/aromatic N) is 1. The van der Waals surface area contributed by atoms with Gasteiger partial charge in [-0.15, -0.1) is 0 Å². The summed E-state index contributed by atoms with van der Waals surface area (Å²) in [6.07, 6.45) is 6.70. The molecule has 0 radical (unpaired) electrons. The predicted octanol–water partition coefficient (Wildman–Crippen LogP) is 5.60. The largest absolute Gasteiger partial charge is 0.361 e. The van der Waals surface area contributed by atoms with Crippen LogP contribution in [0.25, 0.3) is 16.5 Å². The number of H-pyrrole nitrogens is 1. The SMILES string of the molecule is CC(=O)N1c2ccccc2C2=C(CCCC2)C1c1c[nH]c2ccccc12. The van der Waals surface area contributed by atoms with Crippen molar-refractivity contribution in [1.29, 1.82) is 0 Å². The van der Waals surface area contributed by atoms with Gasteiger partial charge in [0.25, 0.3) is 0 Å². The van der Waals surface area contributed by atoms with Gasteiger partial charge >= 0.3 is 0 Å². The molecule has 1 aliphatic carbocycles. The van der Waals surface area contributed by atoms with Crippen LogP contribution in [0.4, 0.5) is 5.69 Å². The Hall–Kier alpha value is -2.81. The Bertz CT molecular complexity index is 1040. The van der Waals surface area contributed by atoms with E-state index in [0.717, 1.165) is 24.0 Å². The molecule has 3 aromatic rings. The fraction of sp³-hybridized carbons (Fsp3) is 0.261. The zero-order valence-electron chi connectivity index (χ0n) is 15.0. The van der Waals surface area contributed by atoms with Gasteiger partial charge in [-0.2, -0.15) is 0 Å². The molecule has 130 valence electrons. The number of carbonyl (C=O) groups excluding carboxylic acids is 1. The number of benzene rings is 2. The lowest BCUT2D eigenvalue weighted by molar-refractivity contribution is -0.117. The topological polar surface area (TPSA) is 36.1 Å². The van der Waals surface area contributed by atoms with E-state index < -0.39 is 0 Å². The first-order chi connectivity index (χ1) is 12.8. The molecule has 1 aromatic heterocycles. The van der Waals surface area contributed by atoms with Gasteiger partial charge in [-0.1, -0.05) is 36.4 Å². The first-order valence-electron chi connectivity index (χ1n) is 9.43. The molecule has 0 saturated carbocycles. The highest BCUT2D eigenvalue weighted by atomic mass is 16.2. The van der Waals surface area contributed by atoms with Gasteiger partial charge in [-0.3, -0.25) is 4.79 Å². The highest BCUT2D eigenvalue weighted by Gasteiger charge is 2.37. The number of allylic oxidation sites excluding steroid dienone is 1. The number of aromatic nitrogens is 1. The Morgan fingerprint density at radius 3 is 2.69 bits per heavy atom. The summed E-state index contributed by atoms with van der Waals surface area (Å²) in [5.41, 5.74) is 7.52. The molecule has 3 nitrogen and oxygen atoms in total. The number of nitrogens with one attached hydrogen (secondary N) is 1. The third kappa shape index (κ3) is 2.16. The summed E-state index contributed by atoms with van der Waals surface area (Å²) in [5.74, 6) is 0.102. The van der Waals surface area contributed by atoms with Crippen LogP contribution in [0.15, 0.2) is 60.3 Å². The molecule has 1 N–H and O–H groups in total. The van der Waals surface area contributed by atoms with Gasteiger partial charge in [0.1, 0.15) is 0 Å². The molecule has 1 aliphatic heterocycles. The van der Waals surface area contributed by atoms with Gasteiger partial charge in [0.05, 0.1) is 11.7 Å². The van der Waals surface area contributed by atoms with Gasteiger partial charge < -0.3 is 9.88 Å². The molecule has 5 rings (SSSR count). The molecule has 3 heteroatoms. The summed E-state index contributed by atoms with van der Waals surface area (Å²) in [6, 6.07) is 16.8. The minimum Gasteiger partial charge on any atom is -0.361 e. The van der Waals surface area contributed by atoms with E-state index in [2.05, 4.69) is 47.6 Å². The molecule has 2 aromatic carbocycles. The van der Waals surface area contributed by atoms with Crippen LogP contribution in [0.5, 0.6) is 0 Å². The molecule has 1 amide bonds. The van der Waals surface area contributed by atoms with Crippen LogP contribution in [0, 0.1) is 0 Å². The van der Waals surface area contributed by atoms with Crippen LogP contribution in [0.3, 0.4) is 0 Å². The lowest BCUT2D eigenvalue weighted by Crippen LogP contribution is -2.38. The lowest BCUT2D eigenvalue weighted by atomic mass is 9.77. The zero-order chi connectivity index (χ0) is 17.7. The first-order valence-corrected chi connectivity index (χ1v) is 9.43. The second-order valence-electron chi connectivity index (χ2n) is 7.31. The van der Waals surface area contributed by atoms with Crippen molar-refractivity contribution in [3.8, 4) is 0 Å². The van der Waals surface area contributed by atoms with E-state index in [-0.39, 0.29) is 11.9 Å². The maximum absolute atomic E-state index is 12.8. The van der Waals surface area contributed by atoms with Gasteiger partial charge in [0, 0.05) is 35.2 Å². The van der Waals surface area contributed by atoms with Gasteiger partial charge in [-0.05, 0) is 49.0 Å². The molecule has 0 fully saturated rings. The minimum atomic E-state index is -0.00569. The monoisotopic (exact) mass is 342 g/mol. The Morgan fingerprint density at radius 1 is 1.04 bits per heavy atom. The van der Waals surface area contributed by atoms with E-state index in [4.69, 9.17) is 0 Å². The third-order valence-electron chi connectivity index (χ3n) is 5.84. The highest BCUT2D eigenvalue weighted by Crippen LogP contribution is 2.51. The maximum Gasteiger partial charge on any atom is 0.224 e. The number of carbonyl (C=O) groups is 1. The van der Waals surface area contributed by atoms with E-state index in [1.165, 1.54) is 40.5 Å². The van der Waals surface area contributed by atoms with Crippen molar-refractivity contribution >= 4 is 28.1 Å². The summed E-state index contributed by atoms with van der Waals surface area (Å²) >= 11 is 0. The average Bonchev–Trinajstić information content (AvgIpc) is 3.10. The third-order valence-corrected chi connectivity index (χ3v) is 5.84. The van der Waals surface area contributed by atoms with Crippen molar-refractivity contribution in [1.82, 2.24) is 4.98 Å². The maximum atomic E-state index is 12.8. The Kier molecular flexibility index (Phi) is 3.49. The molecule has 0 bridgehead atoms. The number of aromatic amines is 1. The van der Waals surface area contributed by atoms with E-state index in [1.54, 1.807) is 6.92 Å². The van der Waals surface area contributed by atoms with Crippen molar-refractivity contribution in [3.05, 3.63) is 71.4 Å². The predicted molar refractivity (Wildman–Crippen MR) is 106 cm³/mol. The quantitative estimate of drug-likeness (QED) is 0.613. The van der Waals surface area contributed by atoms with E-state index in [1.807, 2.05) is 17.0 Å². The van der Waals surface area contributed by atoms with E-state index >= 15 is 0 Å². The van der Waals surface area contributed by atoms with E-state index in [9.17, 15) is 4.79 Å². The van der Waals surface area contributed by atoms with Crippen molar-refractivity contribution in [2.24, 2.45) is 0 Å². The van der Waals surface area contributed by atoms with Gasteiger partial charge in [0.15, 0.2) is 0 Å². The lowest BCUT2D eigenvalue weighted by Gasteiger charge is -2.41. The van der Waals surface area contributed by atoms with Crippen molar-refractivity contribution in [2.45, 2.75) is 38.6 Å².